The fraction of sp³-hybridized carbons (Fsp3) is 0.692. The zero-order valence-corrected chi connectivity index (χ0v) is 11.7. The first-order valence-corrected chi connectivity index (χ1v) is 6.17. The van der Waals surface area contributed by atoms with Gasteiger partial charge in [-0.15, -0.1) is 0 Å². The van der Waals surface area contributed by atoms with Gasteiger partial charge in [0.25, 0.3) is 5.91 Å². The molecule has 0 aromatic heterocycles. The Balaban J connectivity index is 4.39. The minimum Gasteiger partial charge on any atom is -0.481 e. The summed E-state index contributed by atoms with van der Waals surface area (Å²) in [6.07, 6.45) is 0.719. The molecule has 0 spiro atoms. The first-order chi connectivity index (χ1) is 8.65. The molecule has 0 bridgehead atoms. The Morgan fingerprint density at radius 3 is 2.26 bits per heavy atom. The van der Waals surface area contributed by atoms with Crippen molar-refractivity contribution in [1.82, 2.24) is 5.32 Å². The van der Waals surface area contributed by atoms with Crippen molar-refractivity contribution in [3.8, 4) is 0 Å². The molecule has 19 heavy (non-hydrogen) atoms. The highest BCUT2D eigenvalue weighted by atomic mass is 16.4. The van der Waals surface area contributed by atoms with Crippen LogP contribution in [0, 0.1) is 5.41 Å². The lowest BCUT2D eigenvalue weighted by molar-refractivity contribution is -0.137. The van der Waals surface area contributed by atoms with E-state index in [-0.39, 0.29) is 30.6 Å². The van der Waals surface area contributed by atoms with Gasteiger partial charge in [-0.1, -0.05) is 20.8 Å². The summed E-state index contributed by atoms with van der Waals surface area (Å²) in [7, 11) is 0. The van der Waals surface area contributed by atoms with Crippen LogP contribution in [0.1, 0.15) is 46.5 Å². The molecule has 0 saturated heterocycles. The number of hydrogen-bond acceptors (Lipinski definition) is 3. The molecule has 2 N–H and O–H groups in total. The average Bonchev–Trinajstić information content (AvgIpc) is 2.24. The van der Waals surface area contributed by atoms with Crippen molar-refractivity contribution in [2.24, 2.45) is 10.4 Å². The Kier molecular flexibility index (Phi) is 6.96. The molecule has 0 unspecified atom stereocenters. The Hall–Kier alpha value is -1.72. The summed E-state index contributed by atoms with van der Waals surface area (Å²) in [6, 6.07) is -0.699. The normalized spacial score (nSPS) is 12.6. The number of carbonyl (C=O) groups excluding carboxylic acids is 2. The van der Waals surface area contributed by atoms with Gasteiger partial charge in [0.1, 0.15) is 6.04 Å². The van der Waals surface area contributed by atoms with Crippen LogP contribution in [0.4, 0.5) is 0 Å². The summed E-state index contributed by atoms with van der Waals surface area (Å²) in [4.78, 5) is 36.9. The molecule has 0 aromatic rings. The molecule has 0 radical (unpaired) electrons. The van der Waals surface area contributed by atoms with E-state index in [1.165, 1.54) is 0 Å². The third-order valence-electron chi connectivity index (χ3n) is 2.40. The fourth-order valence-electron chi connectivity index (χ4n) is 1.59. The lowest BCUT2D eigenvalue weighted by Gasteiger charge is -2.24. The molecule has 0 heterocycles. The van der Waals surface area contributed by atoms with Crippen molar-refractivity contribution in [1.29, 1.82) is 0 Å². The molecular weight excluding hydrogens is 248 g/mol. The number of amides is 2. The molecule has 0 aromatic carbocycles. The molecule has 0 aliphatic heterocycles. The van der Waals surface area contributed by atoms with Gasteiger partial charge in [0, 0.05) is 12.8 Å². The monoisotopic (exact) mass is 270 g/mol. The quantitative estimate of drug-likeness (QED) is 0.683. The SMILES string of the molecule is C=NC(=O)[C@H](CC(C)(C)C)NC(=O)CCCC(=O)O. The predicted molar refractivity (Wildman–Crippen MR) is 72.0 cm³/mol. The van der Waals surface area contributed by atoms with Crippen molar-refractivity contribution in [3.05, 3.63) is 0 Å². The summed E-state index contributed by atoms with van der Waals surface area (Å²) in [5.74, 6) is -1.75. The predicted octanol–water partition coefficient (Wildman–Crippen LogP) is 1.39. The molecule has 0 saturated carbocycles. The van der Waals surface area contributed by atoms with Gasteiger partial charge in [-0.05, 0) is 25.0 Å². The minimum absolute atomic E-state index is 0.0645. The van der Waals surface area contributed by atoms with Crippen LogP contribution < -0.4 is 5.32 Å². The third kappa shape index (κ3) is 8.93. The van der Waals surface area contributed by atoms with Crippen LogP contribution in [0.25, 0.3) is 0 Å². The van der Waals surface area contributed by atoms with E-state index in [4.69, 9.17) is 5.11 Å². The Morgan fingerprint density at radius 1 is 1.26 bits per heavy atom. The van der Waals surface area contributed by atoms with Crippen molar-refractivity contribution >= 4 is 24.5 Å². The molecule has 6 nitrogen and oxygen atoms in total. The van der Waals surface area contributed by atoms with Crippen molar-refractivity contribution in [3.63, 3.8) is 0 Å². The molecule has 6 heteroatoms. The van der Waals surface area contributed by atoms with Gasteiger partial charge < -0.3 is 10.4 Å². The Morgan fingerprint density at radius 2 is 1.84 bits per heavy atom. The summed E-state index contributed by atoms with van der Waals surface area (Å²) in [5.41, 5.74) is -0.140. The third-order valence-corrected chi connectivity index (χ3v) is 2.40. The lowest BCUT2D eigenvalue weighted by Crippen LogP contribution is -2.42. The molecule has 108 valence electrons. The molecular formula is C13H22N2O4. The first kappa shape index (κ1) is 17.3. The largest absolute Gasteiger partial charge is 0.481 e. The molecule has 0 rings (SSSR count). The van der Waals surface area contributed by atoms with Crippen LogP contribution in [0.15, 0.2) is 4.99 Å². The smallest absolute Gasteiger partial charge is 0.303 e. The van der Waals surface area contributed by atoms with E-state index in [9.17, 15) is 14.4 Å². The second-order valence-electron chi connectivity index (χ2n) is 5.63. The fourth-order valence-corrected chi connectivity index (χ4v) is 1.59. The summed E-state index contributed by atoms with van der Waals surface area (Å²) in [5, 5.41) is 11.1. The average molecular weight is 270 g/mol. The van der Waals surface area contributed by atoms with Gasteiger partial charge in [-0.2, -0.15) is 0 Å². The number of rotatable bonds is 7. The second kappa shape index (κ2) is 7.66. The maximum Gasteiger partial charge on any atom is 0.303 e. The number of aliphatic imine (C=N–C) groups is 1. The topological polar surface area (TPSA) is 95.8 Å². The molecule has 1 atom stereocenters. The maximum absolute atomic E-state index is 11.6. The van der Waals surface area contributed by atoms with Crippen LogP contribution in [-0.4, -0.2) is 35.6 Å². The number of carbonyl (C=O) groups is 3. The van der Waals surface area contributed by atoms with E-state index < -0.39 is 17.9 Å². The molecule has 0 aliphatic carbocycles. The standard InChI is InChI=1S/C13H22N2O4/c1-13(2,3)8-9(12(19)14-4)15-10(16)6-5-7-11(17)18/h9H,4-8H2,1-3H3,(H,15,16)(H,17,18)/t9-/m0/s1. The number of hydrogen-bond donors (Lipinski definition) is 2. The van der Waals surface area contributed by atoms with Crippen LogP contribution in [0.5, 0.6) is 0 Å². The van der Waals surface area contributed by atoms with Crippen molar-refractivity contribution < 1.29 is 19.5 Å². The lowest BCUT2D eigenvalue weighted by atomic mass is 9.87. The van der Waals surface area contributed by atoms with Crippen LogP contribution in [0.3, 0.4) is 0 Å². The van der Waals surface area contributed by atoms with Gasteiger partial charge in [0.05, 0.1) is 0 Å². The van der Waals surface area contributed by atoms with Crippen LogP contribution >= 0.6 is 0 Å². The van der Waals surface area contributed by atoms with E-state index in [0.717, 1.165) is 0 Å². The van der Waals surface area contributed by atoms with E-state index >= 15 is 0 Å². The number of nitrogens with one attached hydrogen (secondary N) is 1. The Labute approximate surface area is 113 Å². The number of carboxylic acid groups (broad SMARTS) is 1. The first-order valence-electron chi connectivity index (χ1n) is 6.17. The maximum atomic E-state index is 11.6. The van der Waals surface area contributed by atoms with Gasteiger partial charge in [0.15, 0.2) is 0 Å². The minimum atomic E-state index is -0.942. The highest BCUT2D eigenvalue weighted by Gasteiger charge is 2.25. The van der Waals surface area contributed by atoms with E-state index in [2.05, 4.69) is 17.0 Å². The highest BCUT2D eigenvalue weighted by Crippen LogP contribution is 2.21. The van der Waals surface area contributed by atoms with Crippen molar-refractivity contribution in [2.75, 3.05) is 0 Å². The summed E-state index contributed by atoms with van der Waals surface area (Å²) < 4.78 is 0. The van der Waals surface area contributed by atoms with Gasteiger partial charge >= 0.3 is 5.97 Å². The molecule has 2 amide bonds. The van der Waals surface area contributed by atoms with E-state index in [0.29, 0.717) is 6.42 Å². The number of carboxylic acids is 1. The second-order valence-corrected chi connectivity index (χ2v) is 5.63. The zero-order chi connectivity index (χ0) is 15.1. The summed E-state index contributed by atoms with van der Waals surface area (Å²) >= 11 is 0. The highest BCUT2D eigenvalue weighted by molar-refractivity contribution is 5.90. The number of nitrogens with zero attached hydrogens (tertiary/aromatic N) is 1. The van der Waals surface area contributed by atoms with Gasteiger partial charge in [-0.25, -0.2) is 4.99 Å². The van der Waals surface area contributed by atoms with E-state index in [1.54, 1.807) is 0 Å². The van der Waals surface area contributed by atoms with Crippen LogP contribution in [-0.2, 0) is 14.4 Å². The van der Waals surface area contributed by atoms with E-state index in [1.807, 2.05) is 20.8 Å². The Bertz CT molecular complexity index is 358. The number of aliphatic carboxylic acids is 1. The van der Waals surface area contributed by atoms with Crippen molar-refractivity contribution in [2.45, 2.75) is 52.5 Å². The molecule has 0 fully saturated rings. The molecule has 0 aliphatic rings. The summed E-state index contributed by atoms with van der Waals surface area (Å²) in [6.45, 7) is 9.03. The zero-order valence-electron chi connectivity index (χ0n) is 11.7. The van der Waals surface area contributed by atoms with Gasteiger partial charge in [0.2, 0.25) is 5.91 Å². The van der Waals surface area contributed by atoms with Crippen LogP contribution in [0.2, 0.25) is 0 Å². The van der Waals surface area contributed by atoms with Gasteiger partial charge in [-0.3, -0.25) is 14.4 Å².